The molecule has 1 saturated heterocycles. The summed E-state index contributed by atoms with van der Waals surface area (Å²) >= 11 is 2.73. The van der Waals surface area contributed by atoms with Crippen molar-refractivity contribution in [3.8, 4) is 0 Å². The van der Waals surface area contributed by atoms with Crippen molar-refractivity contribution in [3.63, 3.8) is 0 Å². The van der Waals surface area contributed by atoms with Crippen LogP contribution in [0.4, 0.5) is 5.13 Å². The largest absolute Gasteiger partial charge is 0.342 e. The van der Waals surface area contributed by atoms with E-state index in [1.165, 1.54) is 22.7 Å². The molecule has 1 aliphatic heterocycles. The van der Waals surface area contributed by atoms with Crippen LogP contribution in [-0.4, -0.2) is 41.3 Å². The molecule has 0 atom stereocenters. The molecule has 0 saturated carbocycles. The molecule has 0 radical (unpaired) electrons. The van der Waals surface area contributed by atoms with Gasteiger partial charge < -0.3 is 10.6 Å². The highest BCUT2D eigenvalue weighted by molar-refractivity contribution is 7.14. The number of halogens is 2. The number of thiophene rings is 1. The molecule has 0 aliphatic carbocycles. The lowest BCUT2D eigenvalue weighted by Crippen LogP contribution is -2.40. The number of likely N-dealkylation sites (tertiary alicyclic amines) is 1. The predicted molar refractivity (Wildman–Crippen MR) is 111 cm³/mol. The van der Waals surface area contributed by atoms with E-state index in [9.17, 15) is 9.59 Å². The minimum absolute atomic E-state index is 0. The Balaban J connectivity index is 0.00000169. The summed E-state index contributed by atoms with van der Waals surface area (Å²) in [5.41, 5.74) is 6.38. The number of nitrogens with zero attached hydrogens (tertiary/aromatic N) is 2. The molecule has 144 valence electrons. The van der Waals surface area contributed by atoms with Crippen LogP contribution in [0, 0.1) is 5.92 Å². The van der Waals surface area contributed by atoms with Crippen LogP contribution < -0.4 is 11.1 Å². The number of aromatic nitrogens is 1. The first-order valence-electron chi connectivity index (χ1n) is 7.93. The number of amides is 2. The molecule has 0 spiro atoms. The van der Waals surface area contributed by atoms with E-state index >= 15 is 0 Å². The second kappa shape index (κ2) is 10.8. The van der Waals surface area contributed by atoms with E-state index in [0.29, 0.717) is 28.2 Å². The lowest BCUT2D eigenvalue weighted by molar-refractivity contribution is -0.131. The Hall–Kier alpha value is -1.19. The van der Waals surface area contributed by atoms with Gasteiger partial charge in [-0.1, -0.05) is 6.07 Å². The number of thiazole rings is 1. The van der Waals surface area contributed by atoms with Crippen molar-refractivity contribution in [2.75, 3.05) is 25.0 Å². The summed E-state index contributed by atoms with van der Waals surface area (Å²) in [4.78, 5) is 31.2. The molecule has 3 rings (SSSR count). The lowest BCUT2D eigenvalue weighted by atomic mass is 9.97. The Bertz CT molecular complexity index is 701. The van der Waals surface area contributed by atoms with Crippen LogP contribution in [0.2, 0.25) is 0 Å². The first kappa shape index (κ1) is 22.9. The van der Waals surface area contributed by atoms with Gasteiger partial charge in [-0.2, -0.15) is 0 Å². The molecule has 3 N–H and O–H groups in total. The Morgan fingerprint density at radius 2 is 2.00 bits per heavy atom. The molecule has 0 bridgehead atoms. The molecule has 2 aromatic heterocycles. The van der Waals surface area contributed by atoms with Gasteiger partial charge in [0.1, 0.15) is 0 Å². The second-order valence-corrected chi connectivity index (χ2v) is 7.62. The summed E-state index contributed by atoms with van der Waals surface area (Å²) in [5, 5.41) is 6.98. The van der Waals surface area contributed by atoms with Crippen molar-refractivity contribution in [2.45, 2.75) is 19.3 Å². The van der Waals surface area contributed by atoms with Gasteiger partial charge in [0.05, 0.1) is 17.0 Å². The average molecular weight is 437 g/mol. The van der Waals surface area contributed by atoms with Crippen LogP contribution in [0.25, 0.3) is 0 Å². The van der Waals surface area contributed by atoms with Crippen LogP contribution in [0.1, 0.15) is 28.2 Å². The van der Waals surface area contributed by atoms with Gasteiger partial charge in [-0.05, 0) is 36.8 Å². The van der Waals surface area contributed by atoms with E-state index in [0.717, 1.165) is 25.9 Å². The van der Waals surface area contributed by atoms with E-state index in [1.807, 2.05) is 21.7 Å². The smallest absolute Gasteiger partial charge is 0.267 e. The third-order valence-corrected chi connectivity index (χ3v) is 5.83. The van der Waals surface area contributed by atoms with Crippen molar-refractivity contribution < 1.29 is 9.59 Å². The van der Waals surface area contributed by atoms with E-state index < -0.39 is 0 Å². The van der Waals surface area contributed by atoms with Crippen LogP contribution in [0.3, 0.4) is 0 Å². The van der Waals surface area contributed by atoms with Crippen molar-refractivity contribution in [3.05, 3.63) is 33.5 Å². The van der Waals surface area contributed by atoms with Crippen molar-refractivity contribution in [1.29, 1.82) is 0 Å². The normalized spacial score (nSPS) is 14.3. The van der Waals surface area contributed by atoms with E-state index in [2.05, 4.69) is 10.3 Å². The third-order valence-electron chi connectivity index (χ3n) is 4.15. The second-order valence-electron chi connectivity index (χ2n) is 5.81. The Labute approximate surface area is 173 Å². The molecule has 10 heteroatoms. The van der Waals surface area contributed by atoms with Gasteiger partial charge in [0, 0.05) is 18.5 Å². The van der Waals surface area contributed by atoms with Crippen LogP contribution in [-0.2, 0) is 11.2 Å². The van der Waals surface area contributed by atoms with Gasteiger partial charge in [-0.25, -0.2) is 4.98 Å². The highest BCUT2D eigenvalue weighted by Gasteiger charge is 2.22. The zero-order valence-electron chi connectivity index (χ0n) is 14.1. The summed E-state index contributed by atoms with van der Waals surface area (Å²) in [6.45, 7) is 2.24. The summed E-state index contributed by atoms with van der Waals surface area (Å²) in [6.07, 6.45) is 2.22. The molecule has 3 heterocycles. The van der Waals surface area contributed by atoms with Gasteiger partial charge >= 0.3 is 0 Å². The molecule has 2 amide bonds. The Morgan fingerprint density at radius 3 is 2.62 bits per heavy atom. The average Bonchev–Trinajstić information content (AvgIpc) is 3.27. The first-order valence-corrected chi connectivity index (χ1v) is 9.68. The number of nitrogens with two attached hydrogens (primary N) is 1. The maximum atomic E-state index is 12.4. The van der Waals surface area contributed by atoms with Gasteiger partial charge in [-0.3, -0.25) is 14.9 Å². The van der Waals surface area contributed by atoms with Crippen molar-refractivity contribution >= 4 is 64.4 Å². The third kappa shape index (κ3) is 5.92. The Kier molecular flexibility index (Phi) is 9.52. The summed E-state index contributed by atoms with van der Waals surface area (Å²) < 4.78 is 0. The molecule has 26 heavy (non-hydrogen) atoms. The summed E-state index contributed by atoms with van der Waals surface area (Å²) in [6, 6.07) is 3.60. The van der Waals surface area contributed by atoms with Gasteiger partial charge in [0.15, 0.2) is 5.13 Å². The summed E-state index contributed by atoms with van der Waals surface area (Å²) in [5.74, 6) is 0.459. The molecule has 1 aliphatic rings. The lowest BCUT2D eigenvalue weighted by Gasteiger charge is -2.31. The molecule has 1 fully saturated rings. The molecule has 0 unspecified atom stereocenters. The fourth-order valence-corrected chi connectivity index (χ4v) is 4.02. The van der Waals surface area contributed by atoms with Gasteiger partial charge in [-0.15, -0.1) is 47.5 Å². The van der Waals surface area contributed by atoms with E-state index in [1.54, 1.807) is 6.07 Å². The molecule has 6 nitrogen and oxygen atoms in total. The molecule has 2 aromatic rings. The fourth-order valence-electron chi connectivity index (χ4n) is 2.70. The number of nitrogens with one attached hydrogen (secondary N) is 1. The van der Waals surface area contributed by atoms with Crippen LogP contribution >= 0.6 is 47.5 Å². The van der Waals surface area contributed by atoms with Gasteiger partial charge in [0.2, 0.25) is 5.91 Å². The molecule has 0 aromatic carbocycles. The SMILES string of the molecule is Cl.Cl.NCC1CCN(C(=O)Cc2csc(NC(=O)c3cccs3)n2)CC1. The molecular weight excluding hydrogens is 415 g/mol. The number of hydrogen-bond donors (Lipinski definition) is 2. The quantitative estimate of drug-likeness (QED) is 0.753. The zero-order valence-corrected chi connectivity index (χ0v) is 17.3. The monoisotopic (exact) mass is 436 g/mol. The number of carbonyl (C=O) groups excluding carboxylic acids is 2. The minimum Gasteiger partial charge on any atom is -0.342 e. The predicted octanol–water partition coefficient (Wildman–Crippen LogP) is 3.04. The highest BCUT2D eigenvalue weighted by atomic mass is 35.5. The standard InChI is InChI=1S/C16H20N4O2S2.2ClH/c17-9-11-3-5-20(6-4-11)14(21)8-12-10-24-16(18-12)19-15(22)13-2-1-7-23-13;;/h1-2,7,10-11H,3-6,8-9,17H2,(H,18,19,22);2*1H. The Morgan fingerprint density at radius 1 is 1.27 bits per heavy atom. The number of carbonyl (C=O) groups is 2. The van der Waals surface area contributed by atoms with Crippen LogP contribution in [0.15, 0.2) is 22.9 Å². The van der Waals surface area contributed by atoms with E-state index in [4.69, 9.17) is 5.73 Å². The maximum absolute atomic E-state index is 12.4. The van der Waals surface area contributed by atoms with Crippen LogP contribution in [0.5, 0.6) is 0 Å². The molecular formula is C16H22Cl2N4O2S2. The number of piperidine rings is 1. The number of hydrogen-bond acceptors (Lipinski definition) is 6. The fraction of sp³-hybridized carbons (Fsp3) is 0.438. The summed E-state index contributed by atoms with van der Waals surface area (Å²) in [7, 11) is 0. The van der Waals surface area contributed by atoms with Crippen molar-refractivity contribution in [2.24, 2.45) is 11.7 Å². The topological polar surface area (TPSA) is 88.3 Å². The number of rotatable bonds is 5. The van der Waals surface area contributed by atoms with Gasteiger partial charge in [0.25, 0.3) is 5.91 Å². The minimum atomic E-state index is -0.166. The zero-order chi connectivity index (χ0) is 16.9. The van der Waals surface area contributed by atoms with E-state index in [-0.39, 0.29) is 43.0 Å². The number of anilines is 1. The van der Waals surface area contributed by atoms with Crippen molar-refractivity contribution in [1.82, 2.24) is 9.88 Å². The highest BCUT2D eigenvalue weighted by Crippen LogP contribution is 2.20. The maximum Gasteiger partial charge on any atom is 0.267 e. The first-order chi connectivity index (χ1) is 11.7.